The van der Waals surface area contributed by atoms with Crippen LogP contribution in [0.15, 0.2) is 48.5 Å². The van der Waals surface area contributed by atoms with E-state index in [0.29, 0.717) is 12.1 Å². The largest absolute Gasteiger partial charge is 0.364 e. The van der Waals surface area contributed by atoms with Crippen molar-refractivity contribution in [3.63, 3.8) is 0 Å². The zero-order valence-corrected chi connectivity index (χ0v) is 15.5. The quantitative estimate of drug-likeness (QED) is 0.720. The fourth-order valence-corrected chi connectivity index (χ4v) is 4.03. The van der Waals surface area contributed by atoms with Gasteiger partial charge in [0, 0.05) is 16.8 Å². The summed E-state index contributed by atoms with van der Waals surface area (Å²) in [4.78, 5) is 11.9. The molecule has 138 valence electrons. The number of carbonyl (C=O) groups is 1. The molecule has 27 heavy (non-hydrogen) atoms. The SMILES string of the molecule is CS(=O)(=O)Nc1ccc2c(c1)-c1c(c(C(N)=O)nn1-c1ccccc1)CC2. The maximum atomic E-state index is 11.9. The summed E-state index contributed by atoms with van der Waals surface area (Å²) in [5.74, 6) is -0.574. The molecule has 3 aromatic rings. The average molecular weight is 382 g/mol. The van der Waals surface area contributed by atoms with Crippen LogP contribution in [0.1, 0.15) is 21.6 Å². The molecule has 4 rings (SSSR count). The summed E-state index contributed by atoms with van der Waals surface area (Å²) in [5.41, 5.74) is 10.5. The maximum absolute atomic E-state index is 11.9. The number of nitrogens with one attached hydrogen (secondary N) is 1. The summed E-state index contributed by atoms with van der Waals surface area (Å²) >= 11 is 0. The van der Waals surface area contributed by atoms with Crippen molar-refractivity contribution < 1.29 is 13.2 Å². The predicted molar refractivity (Wildman–Crippen MR) is 103 cm³/mol. The van der Waals surface area contributed by atoms with Gasteiger partial charge in [-0.15, -0.1) is 0 Å². The second-order valence-corrected chi connectivity index (χ2v) is 8.28. The first-order chi connectivity index (χ1) is 12.8. The summed E-state index contributed by atoms with van der Waals surface area (Å²) in [7, 11) is -3.40. The number of nitrogens with two attached hydrogens (primary N) is 1. The van der Waals surface area contributed by atoms with E-state index in [2.05, 4.69) is 9.82 Å². The van der Waals surface area contributed by atoms with Crippen LogP contribution in [0.3, 0.4) is 0 Å². The highest BCUT2D eigenvalue weighted by Gasteiger charge is 2.28. The fraction of sp³-hybridized carbons (Fsp3) is 0.158. The van der Waals surface area contributed by atoms with Gasteiger partial charge < -0.3 is 5.73 Å². The summed E-state index contributed by atoms with van der Waals surface area (Å²) < 4.78 is 27.4. The normalized spacial score (nSPS) is 12.9. The number of hydrogen-bond donors (Lipinski definition) is 2. The molecule has 1 heterocycles. The molecule has 0 unspecified atom stereocenters. The number of sulfonamides is 1. The van der Waals surface area contributed by atoms with Crippen molar-refractivity contribution in [3.05, 3.63) is 65.4 Å². The molecule has 0 saturated heterocycles. The van der Waals surface area contributed by atoms with E-state index in [4.69, 9.17) is 5.73 Å². The molecule has 0 saturated carbocycles. The van der Waals surface area contributed by atoms with E-state index in [9.17, 15) is 13.2 Å². The van der Waals surface area contributed by atoms with Crippen molar-refractivity contribution in [1.29, 1.82) is 0 Å². The molecule has 1 aromatic heterocycles. The van der Waals surface area contributed by atoms with Crippen LogP contribution in [0.2, 0.25) is 0 Å². The van der Waals surface area contributed by atoms with Crippen LogP contribution in [0.4, 0.5) is 5.69 Å². The van der Waals surface area contributed by atoms with Crippen molar-refractivity contribution in [2.24, 2.45) is 5.73 Å². The van der Waals surface area contributed by atoms with Gasteiger partial charge in [-0.3, -0.25) is 9.52 Å². The molecule has 0 fully saturated rings. The highest BCUT2D eigenvalue weighted by atomic mass is 32.2. The second kappa shape index (κ2) is 6.24. The Bertz CT molecular complexity index is 1150. The number of carbonyl (C=O) groups excluding carboxylic acids is 1. The lowest BCUT2D eigenvalue weighted by Crippen LogP contribution is -2.15. The standard InChI is InChI=1S/C19H18N4O3S/c1-27(25,26)22-13-9-7-12-8-10-15-17(19(20)24)21-23(18(15)16(12)11-13)14-5-3-2-4-6-14/h2-7,9,11,22H,8,10H2,1H3,(H2,20,24). The maximum Gasteiger partial charge on any atom is 0.269 e. The third-order valence-electron chi connectivity index (χ3n) is 4.53. The van der Waals surface area contributed by atoms with Crippen molar-refractivity contribution >= 4 is 21.6 Å². The van der Waals surface area contributed by atoms with Gasteiger partial charge in [0.1, 0.15) is 0 Å². The number of nitrogens with zero attached hydrogens (tertiary/aromatic N) is 2. The van der Waals surface area contributed by atoms with Crippen LogP contribution in [-0.2, 0) is 22.9 Å². The van der Waals surface area contributed by atoms with Crippen LogP contribution in [0.25, 0.3) is 16.9 Å². The number of aromatic nitrogens is 2. The molecule has 1 amide bonds. The number of hydrogen-bond acceptors (Lipinski definition) is 4. The molecule has 0 bridgehead atoms. The Hall–Kier alpha value is -3.13. The van der Waals surface area contributed by atoms with Crippen LogP contribution >= 0.6 is 0 Å². The predicted octanol–water partition coefficient (Wildman–Crippen LogP) is 2.11. The molecule has 2 aromatic carbocycles. The van der Waals surface area contributed by atoms with Crippen LogP contribution < -0.4 is 10.5 Å². The number of anilines is 1. The zero-order valence-electron chi connectivity index (χ0n) is 14.6. The Kier molecular flexibility index (Phi) is 4.00. The topological polar surface area (TPSA) is 107 Å². The summed E-state index contributed by atoms with van der Waals surface area (Å²) in [6.45, 7) is 0. The van der Waals surface area contributed by atoms with Gasteiger partial charge in [-0.2, -0.15) is 5.10 Å². The third-order valence-corrected chi connectivity index (χ3v) is 5.14. The fourth-order valence-electron chi connectivity index (χ4n) is 3.47. The van der Waals surface area contributed by atoms with E-state index in [-0.39, 0.29) is 5.69 Å². The van der Waals surface area contributed by atoms with Crippen molar-refractivity contribution in [3.8, 4) is 16.9 Å². The van der Waals surface area contributed by atoms with Gasteiger partial charge in [0.2, 0.25) is 10.0 Å². The molecule has 7 nitrogen and oxygen atoms in total. The van der Waals surface area contributed by atoms with Gasteiger partial charge >= 0.3 is 0 Å². The minimum absolute atomic E-state index is 0.251. The van der Waals surface area contributed by atoms with Gasteiger partial charge in [0.25, 0.3) is 5.91 Å². The molecule has 0 atom stereocenters. The van der Waals surface area contributed by atoms with Crippen molar-refractivity contribution in [1.82, 2.24) is 9.78 Å². The first kappa shape index (κ1) is 17.3. The van der Waals surface area contributed by atoms with Crippen molar-refractivity contribution in [2.75, 3.05) is 11.0 Å². The molecule has 0 spiro atoms. The van der Waals surface area contributed by atoms with E-state index >= 15 is 0 Å². The van der Waals surface area contributed by atoms with E-state index < -0.39 is 15.9 Å². The van der Waals surface area contributed by atoms with E-state index in [1.165, 1.54) is 0 Å². The lowest BCUT2D eigenvalue weighted by Gasteiger charge is -2.20. The minimum atomic E-state index is -3.40. The molecule has 1 aliphatic rings. The first-order valence-corrected chi connectivity index (χ1v) is 10.3. The smallest absolute Gasteiger partial charge is 0.269 e. The Balaban J connectivity index is 1.96. The minimum Gasteiger partial charge on any atom is -0.364 e. The monoisotopic (exact) mass is 382 g/mol. The summed E-state index contributed by atoms with van der Waals surface area (Å²) in [6.07, 6.45) is 2.48. The lowest BCUT2D eigenvalue weighted by atomic mass is 9.88. The second-order valence-electron chi connectivity index (χ2n) is 6.53. The molecule has 8 heteroatoms. The van der Waals surface area contributed by atoms with Crippen molar-refractivity contribution in [2.45, 2.75) is 12.8 Å². The Morgan fingerprint density at radius 2 is 1.89 bits per heavy atom. The number of aryl methyl sites for hydroxylation is 1. The van der Waals surface area contributed by atoms with Gasteiger partial charge in [-0.1, -0.05) is 24.3 Å². The van der Waals surface area contributed by atoms with Crippen LogP contribution in [0.5, 0.6) is 0 Å². The zero-order chi connectivity index (χ0) is 19.2. The number of benzene rings is 2. The van der Waals surface area contributed by atoms with Crippen LogP contribution in [-0.4, -0.2) is 30.4 Å². The lowest BCUT2D eigenvalue weighted by molar-refractivity contribution is 0.0994. The van der Waals surface area contributed by atoms with Gasteiger partial charge in [0.05, 0.1) is 17.6 Å². The Morgan fingerprint density at radius 1 is 1.15 bits per heavy atom. The molecule has 3 N–H and O–H groups in total. The number of primary amides is 1. The Labute approximate surface area is 156 Å². The number of para-hydroxylation sites is 1. The molecule has 1 aliphatic carbocycles. The highest BCUT2D eigenvalue weighted by Crippen LogP contribution is 2.38. The number of amides is 1. The Morgan fingerprint density at radius 3 is 2.56 bits per heavy atom. The number of fused-ring (bicyclic) bond motifs is 3. The highest BCUT2D eigenvalue weighted by molar-refractivity contribution is 7.92. The molecular formula is C19H18N4O3S. The average Bonchev–Trinajstić information content (AvgIpc) is 3.01. The van der Waals surface area contributed by atoms with Crippen LogP contribution in [0, 0.1) is 0 Å². The van der Waals surface area contributed by atoms with Gasteiger partial charge in [-0.05, 0) is 42.7 Å². The summed E-state index contributed by atoms with van der Waals surface area (Å²) in [6, 6.07) is 14.9. The first-order valence-electron chi connectivity index (χ1n) is 8.42. The van der Waals surface area contributed by atoms with Gasteiger partial charge in [0.15, 0.2) is 5.69 Å². The third kappa shape index (κ3) is 3.19. The van der Waals surface area contributed by atoms with E-state index in [0.717, 1.165) is 40.7 Å². The molecule has 0 radical (unpaired) electrons. The van der Waals surface area contributed by atoms with E-state index in [1.807, 2.05) is 36.4 Å². The molecule has 0 aliphatic heterocycles. The molecular weight excluding hydrogens is 364 g/mol. The van der Waals surface area contributed by atoms with E-state index in [1.54, 1.807) is 16.8 Å². The van der Waals surface area contributed by atoms with Gasteiger partial charge in [-0.25, -0.2) is 13.1 Å². The number of rotatable bonds is 4. The summed E-state index contributed by atoms with van der Waals surface area (Å²) in [5, 5.41) is 4.47.